The highest BCUT2D eigenvalue weighted by Crippen LogP contribution is 2.07. The maximum absolute atomic E-state index is 11.2. The van der Waals surface area contributed by atoms with E-state index in [9.17, 15) is 14.9 Å². The molecule has 0 radical (unpaired) electrons. The number of hydrogen-bond acceptors (Lipinski definition) is 6. The summed E-state index contributed by atoms with van der Waals surface area (Å²) in [5.41, 5.74) is -0.159. The molecule has 0 bridgehead atoms. The Morgan fingerprint density at radius 1 is 1.39 bits per heavy atom. The SMILES string of the molecule is CC(C)C(=O)NCCNc1ncc([N+](=O)[O-])cn1. The van der Waals surface area contributed by atoms with Crippen LogP contribution < -0.4 is 10.6 Å². The van der Waals surface area contributed by atoms with Crippen LogP contribution in [0.15, 0.2) is 12.4 Å². The van der Waals surface area contributed by atoms with E-state index >= 15 is 0 Å². The predicted octanol–water partition coefficient (Wildman–Crippen LogP) is 0.569. The van der Waals surface area contributed by atoms with Gasteiger partial charge in [-0.25, -0.2) is 9.97 Å². The van der Waals surface area contributed by atoms with Crippen molar-refractivity contribution < 1.29 is 9.72 Å². The molecule has 18 heavy (non-hydrogen) atoms. The summed E-state index contributed by atoms with van der Waals surface area (Å²) in [5, 5.41) is 15.9. The van der Waals surface area contributed by atoms with E-state index in [0.29, 0.717) is 19.0 Å². The number of amides is 1. The molecule has 1 aromatic heterocycles. The topological polar surface area (TPSA) is 110 Å². The minimum atomic E-state index is -0.563. The third-order valence-corrected chi connectivity index (χ3v) is 2.08. The fourth-order valence-corrected chi connectivity index (χ4v) is 1.07. The Labute approximate surface area is 104 Å². The summed E-state index contributed by atoms with van der Waals surface area (Å²) >= 11 is 0. The molecule has 1 rings (SSSR count). The Balaban J connectivity index is 2.31. The number of carbonyl (C=O) groups is 1. The number of rotatable bonds is 6. The molecule has 1 heterocycles. The van der Waals surface area contributed by atoms with E-state index in [-0.39, 0.29) is 17.5 Å². The minimum absolute atomic E-state index is 0.0265. The first-order valence-corrected chi connectivity index (χ1v) is 5.48. The van der Waals surface area contributed by atoms with Gasteiger partial charge in [-0.2, -0.15) is 0 Å². The summed E-state index contributed by atoms with van der Waals surface area (Å²) in [6, 6.07) is 0. The highest BCUT2D eigenvalue weighted by Gasteiger charge is 2.07. The van der Waals surface area contributed by atoms with Crippen molar-refractivity contribution >= 4 is 17.5 Å². The van der Waals surface area contributed by atoms with Gasteiger partial charge in [0, 0.05) is 19.0 Å². The van der Waals surface area contributed by atoms with Gasteiger partial charge in [0.25, 0.3) is 0 Å². The van der Waals surface area contributed by atoms with E-state index in [1.165, 1.54) is 0 Å². The summed E-state index contributed by atoms with van der Waals surface area (Å²) in [4.78, 5) is 28.6. The molecule has 1 amide bonds. The maximum Gasteiger partial charge on any atom is 0.305 e. The number of nitrogens with one attached hydrogen (secondary N) is 2. The van der Waals surface area contributed by atoms with Gasteiger partial charge in [0.05, 0.1) is 4.92 Å². The lowest BCUT2D eigenvalue weighted by molar-refractivity contribution is -0.385. The molecule has 0 atom stereocenters. The van der Waals surface area contributed by atoms with Gasteiger partial charge in [0.1, 0.15) is 12.4 Å². The van der Waals surface area contributed by atoms with Crippen LogP contribution in [0, 0.1) is 16.0 Å². The molecule has 98 valence electrons. The second kappa shape index (κ2) is 6.48. The van der Waals surface area contributed by atoms with Crippen LogP contribution in [0.25, 0.3) is 0 Å². The summed E-state index contributed by atoms with van der Waals surface area (Å²) in [7, 11) is 0. The van der Waals surface area contributed by atoms with Crippen molar-refractivity contribution in [3.05, 3.63) is 22.5 Å². The van der Waals surface area contributed by atoms with Crippen molar-refractivity contribution in [3.8, 4) is 0 Å². The number of carbonyl (C=O) groups excluding carboxylic acids is 1. The minimum Gasteiger partial charge on any atom is -0.354 e. The molecular weight excluding hydrogens is 238 g/mol. The number of hydrogen-bond donors (Lipinski definition) is 2. The first-order chi connectivity index (χ1) is 8.50. The molecule has 0 aliphatic rings. The molecule has 2 N–H and O–H groups in total. The smallest absolute Gasteiger partial charge is 0.305 e. The van der Waals surface area contributed by atoms with E-state index in [1.807, 2.05) is 13.8 Å². The maximum atomic E-state index is 11.2. The first kappa shape index (κ1) is 13.8. The van der Waals surface area contributed by atoms with Crippen molar-refractivity contribution in [2.75, 3.05) is 18.4 Å². The van der Waals surface area contributed by atoms with Gasteiger partial charge in [-0.05, 0) is 0 Å². The average Bonchev–Trinajstić information content (AvgIpc) is 2.34. The van der Waals surface area contributed by atoms with Gasteiger partial charge in [-0.1, -0.05) is 13.8 Å². The monoisotopic (exact) mass is 253 g/mol. The van der Waals surface area contributed by atoms with Crippen LogP contribution in [0.3, 0.4) is 0 Å². The molecule has 0 fully saturated rings. The van der Waals surface area contributed by atoms with Crippen LogP contribution in [0.4, 0.5) is 11.6 Å². The molecule has 0 spiro atoms. The summed E-state index contributed by atoms with van der Waals surface area (Å²) < 4.78 is 0. The summed E-state index contributed by atoms with van der Waals surface area (Å²) in [6.07, 6.45) is 2.25. The lowest BCUT2D eigenvalue weighted by Crippen LogP contribution is -2.32. The molecule has 8 heteroatoms. The second-order valence-electron chi connectivity index (χ2n) is 3.89. The normalized spacial score (nSPS) is 10.2. The van der Waals surface area contributed by atoms with Crippen LogP contribution in [-0.2, 0) is 4.79 Å². The largest absolute Gasteiger partial charge is 0.354 e. The van der Waals surface area contributed by atoms with E-state index in [0.717, 1.165) is 12.4 Å². The van der Waals surface area contributed by atoms with Gasteiger partial charge in [-0.15, -0.1) is 0 Å². The molecular formula is C10H15N5O3. The van der Waals surface area contributed by atoms with Crippen LogP contribution in [-0.4, -0.2) is 33.9 Å². The zero-order chi connectivity index (χ0) is 13.5. The Morgan fingerprint density at radius 2 is 2.00 bits per heavy atom. The van der Waals surface area contributed by atoms with Crippen molar-refractivity contribution in [3.63, 3.8) is 0 Å². The zero-order valence-corrected chi connectivity index (χ0v) is 10.2. The Hall–Kier alpha value is -2.25. The Morgan fingerprint density at radius 3 is 2.50 bits per heavy atom. The lowest BCUT2D eigenvalue weighted by atomic mass is 10.2. The van der Waals surface area contributed by atoms with Gasteiger partial charge >= 0.3 is 5.69 Å². The van der Waals surface area contributed by atoms with E-state index in [2.05, 4.69) is 20.6 Å². The van der Waals surface area contributed by atoms with Gasteiger partial charge in [0.2, 0.25) is 11.9 Å². The average molecular weight is 253 g/mol. The van der Waals surface area contributed by atoms with Gasteiger partial charge in [-0.3, -0.25) is 14.9 Å². The molecule has 0 unspecified atom stereocenters. The van der Waals surface area contributed by atoms with E-state index in [4.69, 9.17) is 0 Å². The van der Waals surface area contributed by atoms with Crippen LogP contribution in [0.2, 0.25) is 0 Å². The van der Waals surface area contributed by atoms with Crippen LogP contribution in [0.5, 0.6) is 0 Å². The Kier molecular flexibility index (Phi) is 4.97. The summed E-state index contributed by atoms with van der Waals surface area (Å²) in [6.45, 7) is 4.51. The Bertz CT molecular complexity index is 418. The predicted molar refractivity (Wildman–Crippen MR) is 65.0 cm³/mol. The molecule has 0 aliphatic carbocycles. The second-order valence-corrected chi connectivity index (χ2v) is 3.89. The number of nitrogens with zero attached hydrogens (tertiary/aromatic N) is 3. The highest BCUT2D eigenvalue weighted by atomic mass is 16.6. The third kappa shape index (κ3) is 4.32. The quantitative estimate of drug-likeness (QED) is 0.435. The fraction of sp³-hybridized carbons (Fsp3) is 0.500. The molecule has 0 aliphatic heterocycles. The zero-order valence-electron chi connectivity index (χ0n) is 10.2. The molecule has 8 nitrogen and oxygen atoms in total. The molecule has 0 aromatic carbocycles. The van der Waals surface area contributed by atoms with Gasteiger partial charge in [0.15, 0.2) is 0 Å². The summed E-state index contributed by atoms with van der Waals surface area (Å²) in [5.74, 6) is 0.210. The van der Waals surface area contributed by atoms with Crippen LogP contribution in [0.1, 0.15) is 13.8 Å². The van der Waals surface area contributed by atoms with Crippen molar-refractivity contribution in [1.29, 1.82) is 0 Å². The third-order valence-electron chi connectivity index (χ3n) is 2.08. The molecule has 0 saturated carbocycles. The molecule has 1 aromatic rings. The van der Waals surface area contributed by atoms with Crippen molar-refractivity contribution in [2.45, 2.75) is 13.8 Å². The van der Waals surface area contributed by atoms with Crippen molar-refractivity contribution in [1.82, 2.24) is 15.3 Å². The van der Waals surface area contributed by atoms with E-state index < -0.39 is 4.92 Å². The van der Waals surface area contributed by atoms with Crippen molar-refractivity contribution in [2.24, 2.45) is 5.92 Å². The number of nitro groups is 1. The molecule has 0 saturated heterocycles. The van der Waals surface area contributed by atoms with Crippen LogP contribution >= 0.6 is 0 Å². The fourth-order valence-electron chi connectivity index (χ4n) is 1.07. The standard InChI is InChI=1S/C10H15N5O3/c1-7(2)9(16)11-3-4-12-10-13-5-8(6-14-10)15(17)18/h5-7H,3-4H2,1-2H3,(H,11,16)(H,12,13,14). The van der Waals surface area contributed by atoms with Gasteiger partial charge < -0.3 is 10.6 Å². The lowest BCUT2D eigenvalue weighted by Gasteiger charge is -2.08. The number of aromatic nitrogens is 2. The van der Waals surface area contributed by atoms with E-state index in [1.54, 1.807) is 0 Å². The highest BCUT2D eigenvalue weighted by molar-refractivity contribution is 5.77. The first-order valence-electron chi connectivity index (χ1n) is 5.48. The number of anilines is 1.